The minimum absolute atomic E-state index is 0.258. The van der Waals surface area contributed by atoms with Gasteiger partial charge in [-0.1, -0.05) is 11.8 Å². The van der Waals surface area contributed by atoms with E-state index in [1.807, 2.05) is 12.1 Å². The Balaban J connectivity index is 2.21. The van der Waals surface area contributed by atoms with Gasteiger partial charge in [0, 0.05) is 5.56 Å². The van der Waals surface area contributed by atoms with Gasteiger partial charge in [-0.15, -0.1) is 0 Å². The lowest BCUT2D eigenvalue weighted by atomic mass is 10.2. The number of benzene rings is 1. The Bertz CT molecular complexity index is 412. The Morgan fingerprint density at radius 2 is 2.21 bits per heavy atom. The van der Waals surface area contributed by atoms with Crippen LogP contribution in [0.25, 0.3) is 0 Å². The van der Waals surface area contributed by atoms with Crippen LogP contribution in [0.4, 0.5) is 0 Å². The van der Waals surface area contributed by atoms with Crippen LogP contribution < -0.4 is 9.47 Å². The maximum atomic E-state index is 10.0. The second-order valence-electron chi connectivity index (χ2n) is 2.74. The first-order chi connectivity index (χ1) is 6.90. The van der Waals surface area contributed by atoms with Gasteiger partial charge in [0.2, 0.25) is 6.79 Å². The molecule has 0 spiro atoms. The molecule has 0 saturated carbocycles. The van der Waals surface area contributed by atoms with E-state index >= 15 is 0 Å². The fourth-order valence-electron chi connectivity index (χ4n) is 1.17. The summed E-state index contributed by atoms with van der Waals surface area (Å²) in [4.78, 5) is 10.0. The van der Waals surface area contributed by atoms with Crippen LogP contribution in [0.5, 0.6) is 11.5 Å². The number of carbonyl (C=O) groups excluding carboxylic acids is 1. The van der Waals surface area contributed by atoms with E-state index in [0.717, 1.165) is 17.6 Å². The maximum absolute atomic E-state index is 10.0. The van der Waals surface area contributed by atoms with Gasteiger partial charge in [-0.3, -0.25) is 0 Å². The smallest absolute Gasteiger partial charge is 0.231 e. The summed E-state index contributed by atoms with van der Waals surface area (Å²) in [7, 11) is 0. The van der Waals surface area contributed by atoms with Crippen molar-refractivity contribution >= 4 is 6.29 Å². The third kappa shape index (κ3) is 1.69. The number of rotatable bonds is 1. The molecule has 0 atom stereocenters. The Hall–Kier alpha value is -1.95. The van der Waals surface area contributed by atoms with Crippen molar-refractivity contribution in [3.63, 3.8) is 0 Å². The van der Waals surface area contributed by atoms with E-state index < -0.39 is 0 Å². The number of hydrogen-bond acceptors (Lipinski definition) is 3. The van der Waals surface area contributed by atoms with Crippen LogP contribution in [0.1, 0.15) is 12.0 Å². The zero-order valence-corrected chi connectivity index (χ0v) is 7.45. The highest BCUT2D eigenvalue weighted by Crippen LogP contribution is 2.32. The van der Waals surface area contributed by atoms with Gasteiger partial charge in [0.05, 0.1) is 6.42 Å². The first-order valence-corrected chi connectivity index (χ1v) is 4.22. The summed E-state index contributed by atoms with van der Waals surface area (Å²) < 4.78 is 10.3. The molecule has 0 amide bonds. The van der Waals surface area contributed by atoms with Gasteiger partial charge in [0.1, 0.15) is 6.29 Å². The van der Waals surface area contributed by atoms with Gasteiger partial charge >= 0.3 is 0 Å². The summed E-state index contributed by atoms with van der Waals surface area (Å²) in [6, 6.07) is 5.46. The molecule has 1 aromatic rings. The molecule has 0 unspecified atom stereocenters. The summed E-state index contributed by atoms with van der Waals surface area (Å²) in [6.45, 7) is 0.264. The predicted molar refractivity (Wildman–Crippen MR) is 50.1 cm³/mol. The topological polar surface area (TPSA) is 35.5 Å². The molecule has 0 N–H and O–H groups in total. The zero-order chi connectivity index (χ0) is 9.80. The van der Waals surface area contributed by atoms with E-state index in [-0.39, 0.29) is 13.2 Å². The number of ether oxygens (including phenoxy) is 2. The summed E-state index contributed by atoms with van der Waals surface area (Å²) in [5, 5.41) is 0. The third-order valence-electron chi connectivity index (χ3n) is 1.79. The molecule has 1 aliphatic rings. The average molecular weight is 188 g/mol. The molecule has 3 heteroatoms. The van der Waals surface area contributed by atoms with E-state index in [9.17, 15) is 4.79 Å². The molecule has 1 heterocycles. The summed E-state index contributed by atoms with van der Waals surface area (Å²) >= 11 is 0. The molecule has 14 heavy (non-hydrogen) atoms. The standard InChI is InChI=1S/C11H8O3/c12-6-2-1-3-9-4-5-10-11(7-9)14-8-13-10/h4-7H,2,8H2. The maximum Gasteiger partial charge on any atom is 0.231 e. The molecule has 1 aliphatic heterocycles. The van der Waals surface area contributed by atoms with Crippen molar-refractivity contribution in [1.82, 2.24) is 0 Å². The molecule has 0 radical (unpaired) electrons. The largest absolute Gasteiger partial charge is 0.454 e. The van der Waals surface area contributed by atoms with Gasteiger partial charge in [-0.05, 0) is 18.2 Å². The van der Waals surface area contributed by atoms with Crippen molar-refractivity contribution in [2.75, 3.05) is 6.79 Å². The highest BCUT2D eigenvalue weighted by atomic mass is 16.7. The van der Waals surface area contributed by atoms with Crippen LogP contribution >= 0.6 is 0 Å². The first kappa shape index (κ1) is 8.64. The molecular formula is C11H8O3. The highest BCUT2D eigenvalue weighted by molar-refractivity contribution is 5.56. The number of carbonyl (C=O) groups is 1. The SMILES string of the molecule is O=CCC#Cc1ccc2c(c1)OCO2. The van der Waals surface area contributed by atoms with E-state index in [1.54, 1.807) is 6.07 Å². The van der Waals surface area contributed by atoms with Gasteiger partial charge in [0.15, 0.2) is 11.5 Å². The second kappa shape index (κ2) is 3.84. The Morgan fingerprint density at radius 1 is 1.36 bits per heavy atom. The summed E-state index contributed by atoms with van der Waals surface area (Å²) in [6.07, 6.45) is 1.04. The predicted octanol–water partition coefficient (Wildman–Crippen LogP) is 1.36. The van der Waals surface area contributed by atoms with Crippen LogP contribution in [0.2, 0.25) is 0 Å². The monoisotopic (exact) mass is 188 g/mol. The normalized spacial score (nSPS) is 11.7. The van der Waals surface area contributed by atoms with Gasteiger partial charge in [-0.2, -0.15) is 0 Å². The number of fused-ring (bicyclic) bond motifs is 1. The van der Waals surface area contributed by atoms with Crippen molar-refractivity contribution in [3.8, 4) is 23.3 Å². The second-order valence-corrected chi connectivity index (χ2v) is 2.74. The molecule has 3 nitrogen and oxygen atoms in total. The highest BCUT2D eigenvalue weighted by Gasteiger charge is 2.12. The zero-order valence-electron chi connectivity index (χ0n) is 7.45. The average Bonchev–Trinajstić information content (AvgIpc) is 2.65. The molecule has 0 bridgehead atoms. The molecule has 0 aromatic heterocycles. The minimum Gasteiger partial charge on any atom is -0.454 e. The van der Waals surface area contributed by atoms with Crippen molar-refractivity contribution in [3.05, 3.63) is 23.8 Å². The molecule has 70 valence electrons. The van der Waals surface area contributed by atoms with Crippen LogP contribution in [0, 0.1) is 11.8 Å². The molecule has 0 saturated heterocycles. The first-order valence-electron chi connectivity index (χ1n) is 4.22. The third-order valence-corrected chi connectivity index (χ3v) is 1.79. The fraction of sp³-hybridized carbons (Fsp3) is 0.182. The van der Waals surface area contributed by atoms with Crippen LogP contribution in [0.15, 0.2) is 18.2 Å². The van der Waals surface area contributed by atoms with E-state index in [2.05, 4.69) is 11.8 Å². The minimum atomic E-state index is 0.258. The lowest BCUT2D eigenvalue weighted by molar-refractivity contribution is -0.107. The quantitative estimate of drug-likeness (QED) is 0.493. The lowest BCUT2D eigenvalue weighted by Gasteiger charge is -1.94. The van der Waals surface area contributed by atoms with E-state index in [4.69, 9.17) is 9.47 Å². The van der Waals surface area contributed by atoms with Crippen molar-refractivity contribution < 1.29 is 14.3 Å². The van der Waals surface area contributed by atoms with Crippen LogP contribution in [0.3, 0.4) is 0 Å². The van der Waals surface area contributed by atoms with Gasteiger partial charge in [-0.25, -0.2) is 0 Å². The Morgan fingerprint density at radius 3 is 3.07 bits per heavy atom. The fourth-order valence-corrected chi connectivity index (χ4v) is 1.17. The number of hydrogen-bond donors (Lipinski definition) is 0. The van der Waals surface area contributed by atoms with Crippen molar-refractivity contribution in [2.24, 2.45) is 0 Å². The Kier molecular flexibility index (Phi) is 2.37. The number of aldehydes is 1. The lowest BCUT2D eigenvalue weighted by Crippen LogP contribution is -1.92. The van der Waals surface area contributed by atoms with E-state index in [1.165, 1.54) is 0 Å². The van der Waals surface area contributed by atoms with Crippen LogP contribution in [-0.4, -0.2) is 13.1 Å². The van der Waals surface area contributed by atoms with Crippen molar-refractivity contribution in [1.29, 1.82) is 0 Å². The van der Waals surface area contributed by atoms with Crippen LogP contribution in [-0.2, 0) is 4.79 Å². The molecular weight excluding hydrogens is 180 g/mol. The Labute approximate surface area is 81.6 Å². The van der Waals surface area contributed by atoms with Crippen molar-refractivity contribution in [2.45, 2.75) is 6.42 Å². The molecule has 0 aliphatic carbocycles. The van der Waals surface area contributed by atoms with E-state index in [0.29, 0.717) is 5.75 Å². The summed E-state index contributed by atoms with van der Waals surface area (Å²) in [5.74, 6) is 7.04. The van der Waals surface area contributed by atoms with Gasteiger partial charge < -0.3 is 14.3 Å². The molecule has 0 fully saturated rings. The van der Waals surface area contributed by atoms with Gasteiger partial charge in [0.25, 0.3) is 0 Å². The molecule has 1 aromatic carbocycles. The molecule has 2 rings (SSSR count). The summed E-state index contributed by atoms with van der Waals surface area (Å²) in [5.41, 5.74) is 0.830.